The summed E-state index contributed by atoms with van der Waals surface area (Å²) in [6, 6.07) is 2.71. The zero-order chi connectivity index (χ0) is 13.1. The van der Waals surface area contributed by atoms with E-state index in [1.165, 1.54) is 10.4 Å². The van der Waals surface area contributed by atoms with Crippen molar-refractivity contribution in [2.24, 2.45) is 5.73 Å². The fraction of sp³-hybridized carbons (Fsp3) is 0.615. The molecule has 1 aliphatic heterocycles. The zero-order valence-electron chi connectivity index (χ0n) is 11.0. The SMILES string of the molecule is CC(=O)NC1CCN(C(CN)c2sccc2C)C1. The average molecular weight is 267 g/mol. The van der Waals surface area contributed by atoms with Crippen LogP contribution in [-0.2, 0) is 4.79 Å². The van der Waals surface area contributed by atoms with Crippen LogP contribution in [0.1, 0.15) is 29.8 Å². The Morgan fingerprint density at radius 3 is 3.06 bits per heavy atom. The molecule has 18 heavy (non-hydrogen) atoms. The molecule has 1 aromatic rings. The zero-order valence-corrected chi connectivity index (χ0v) is 11.8. The number of carbonyl (C=O) groups is 1. The van der Waals surface area contributed by atoms with E-state index in [9.17, 15) is 4.79 Å². The minimum atomic E-state index is 0.0541. The van der Waals surface area contributed by atoms with Crippen molar-refractivity contribution < 1.29 is 4.79 Å². The van der Waals surface area contributed by atoms with Crippen LogP contribution in [0.4, 0.5) is 0 Å². The van der Waals surface area contributed by atoms with Crippen molar-refractivity contribution in [3.8, 4) is 0 Å². The van der Waals surface area contributed by atoms with Crippen LogP contribution in [0.5, 0.6) is 0 Å². The van der Waals surface area contributed by atoms with Gasteiger partial charge >= 0.3 is 0 Å². The third-order valence-electron chi connectivity index (χ3n) is 3.50. The van der Waals surface area contributed by atoms with E-state index >= 15 is 0 Å². The number of likely N-dealkylation sites (tertiary alicyclic amines) is 1. The lowest BCUT2D eigenvalue weighted by molar-refractivity contribution is -0.119. The molecular weight excluding hydrogens is 246 g/mol. The fourth-order valence-electron chi connectivity index (χ4n) is 2.62. The Balaban J connectivity index is 2.03. The largest absolute Gasteiger partial charge is 0.352 e. The van der Waals surface area contributed by atoms with Crippen LogP contribution in [0.25, 0.3) is 0 Å². The highest BCUT2D eigenvalue weighted by molar-refractivity contribution is 7.10. The number of nitrogens with one attached hydrogen (secondary N) is 1. The van der Waals surface area contributed by atoms with Crippen LogP contribution in [-0.4, -0.2) is 36.5 Å². The van der Waals surface area contributed by atoms with Gasteiger partial charge in [0.05, 0.1) is 6.04 Å². The summed E-state index contributed by atoms with van der Waals surface area (Å²) in [5.41, 5.74) is 7.26. The van der Waals surface area contributed by atoms with E-state index < -0.39 is 0 Å². The van der Waals surface area contributed by atoms with E-state index in [4.69, 9.17) is 5.73 Å². The van der Waals surface area contributed by atoms with Gasteiger partial charge in [-0.2, -0.15) is 0 Å². The van der Waals surface area contributed by atoms with Gasteiger partial charge < -0.3 is 11.1 Å². The van der Waals surface area contributed by atoms with Gasteiger partial charge in [-0.1, -0.05) is 0 Å². The van der Waals surface area contributed by atoms with Gasteiger partial charge in [0.15, 0.2) is 0 Å². The van der Waals surface area contributed by atoms with E-state index in [0.717, 1.165) is 19.5 Å². The van der Waals surface area contributed by atoms with Gasteiger partial charge in [0.1, 0.15) is 0 Å². The molecule has 2 heterocycles. The monoisotopic (exact) mass is 267 g/mol. The van der Waals surface area contributed by atoms with E-state index in [1.807, 2.05) is 0 Å². The second-order valence-corrected chi connectivity index (χ2v) is 5.85. The Morgan fingerprint density at radius 2 is 2.50 bits per heavy atom. The van der Waals surface area contributed by atoms with Crippen LogP contribution in [0.15, 0.2) is 11.4 Å². The molecule has 0 aliphatic carbocycles. The topological polar surface area (TPSA) is 58.4 Å². The van der Waals surface area contributed by atoms with Crippen molar-refractivity contribution in [2.45, 2.75) is 32.4 Å². The number of nitrogens with two attached hydrogens (primary N) is 1. The van der Waals surface area contributed by atoms with Crippen molar-refractivity contribution >= 4 is 17.2 Å². The van der Waals surface area contributed by atoms with Crippen molar-refractivity contribution in [2.75, 3.05) is 19.6 Å². The molecule has 0 spiro atoms. The molecular formula is C13H21N3OS. The summed E-state index contributed by atoms with van der Waals surface area (Å²) in [6.45, 7) is 6.25. The third-order valence-corrected chi connectivity index (χ3v) is 4.62. The lowest BCUT2D eigenvalue weighted by Gasteiger charge is -2.26. The Morgan fingerprint density at radius 1 is 1.72 bits per heavy atom. The molecule has 0 aromatic carbocycles. The number of hydrogen-bond donors (Lipinski definition) is 2. The highest BCUT2D eigenvalue weighted by atomic mass is 32.1. The highest BCUT2D eigenvalue weighted by Crippen LogP contribution is 2.30. The third kappa shape index (κ3) is 2.91. The Labute approximate surface area is 112 Å². The summed E-state index contributed by atoms with van der Waals surface area (Å²) in [5, 5.41) is 5.11. The van der Waals surface area contributed by atoms with E-state index in [2.05, 4.69) is 28.6 Å². The fourth-order valence-corrected chi connectivity index (χ4v) is 3.70. The molecule has 1 amide bonds. The standard InChI is InChI=1S/C13H21N3OS/c1-9-4-6-18-13(9)12(7-14)16-5-3-11(8-16)15-10(2)17/h4,6,11-12H,3,5,7-8,14H2,1-2H3,(H,15,17). The minimum absolute atomic E-state index is 0.0541. The summed E-state index contributed by atoms with van der Waals surface area (Å²) in [6.07, 6.45) is 1.01. The molecule has 2 rings (SSSR count). The van der Waals surface area contributed by atoms with E-state index in [1.54, 1.807) is 18.3 Å². The van der Waals surface area contributed by atoms with Gasteiger partial charge in [-0.3, -0.25) is 9.69 Å². The lowest BCUT2D eigenvalue weighted by atomic mass is 10.1. The number of carbonyl (C=O) groups excluding carboxylic acids is 1. The maximum atomic E-state index is 11.1. The molecule has 100 valence electrons. The van der Waals surface area contributed by atoms with E-state index in [0.29, 0.717) is 12.6 Å². The quantitative estimate of drug-likeness (QED) is 0.863. The molecule has 0 bridgehead atoms. The van der Waals surface area contributed by atoms with Gasteiger partial charge in [0, 0.05) is 37.5 Å². The smallest absolute Gasteiger partial charge is 0.217 e. The Bertz CT molecular complexity index is 418. The average Bonchev–Trinajstić information content (AvgIpc) is 2.90. The Hall–Kier alpha value is -0.910. The van der Waals surface area contributed by atoms with Crippen molar-refractivity contribution in [1.82, 2.24) is 10.2 Å². The molecule has 1 aromatic heterocycles. The first-order chi connectivity index (χ1) is 8.61. The minimum Gasteiger partial charge on any atom is -0.352 e. The molecule has 1 fully saturated rings. The molecule has 2 unspecified atom stereocenters. The summed E-state index contributed by atoms with van der Waals surface area (Å²) in [5.74, 6) is 0.0541. The van der Waals surface area contributed by atoms with Crippen LogP contribution in [0.3, 0.4) is 0 Å². The second-order valence-electron chi connectivity index (χ2n) is 4.90. The number of hydrogen-bond acceptors (Lipinski definition) is 4. The number of nitrogens with zero attached hydrogens (tertiary/aromatic N) is 1. The molecule has 0 saturated carbocycles. The molecule has 3 N–H and O–H groups in total. The predicted octanol–water partition coefficient (Wildman–Crippen LogP) is 1.27. The lowest BCUT2D eigenvalue weighted by Crippen LogP contribution is -2.38. The van der Waals surface area contributed by atoms with Gasteiger partial charge in [-0.05, 0) is 30.4 Å². The maximum Gasteiger partial charge on any atom is 0.217 e. The highest BCUT2D eigenvalue weighted by Gasteiger charge is 2.29. The second kappa shape index (κ2) is 5.82. The van der Waals surface area contributed by atoms with Crippen molar-refractivity contribution in [1.29, 1.82) is 0 Å². The van der Waals surface area contributed by atoms with Crippen LogP contribution in [0, 0.1) is 6.92 Å². The van der Waals surface area contributed by atoms with Gasteiger partial charge in [0.25, 0.3) is 0 Å². The van der Waals surface area contributed by atoms with E-state index in [-0.39, 0.29) is 11.9 Å². The van der Waals surface area contributed by atoms with Crippen molar-refractivity contribution in [3.05, 3.63) is 21.9 Å². The number of thiophene rings is 1. The summed E-state index contributed by atoms with van der Waals surface area (Å²) in [4.78, 5) is 14.8. The molecule has 5 heteroatoms. The first kappa shape index (κ1) is 13.5. The summed E-state index contributed by atoms with van der Waals surface area (Å²) in [7, 11) is 0. The number of amides is 1. The number of rotatable bonds is 4. The van der Waals surface area contributed by atoms with Gasteiger partial charge in [0.2, 0.25) is 5.91 Å². The van der Waals surface area contributed by atoms with Crippen molar-refractivity contribution in [3.63, 3.8) is 0 Å². The van der Waals surface area contributed by atoms with Gasteiger partial charge in [-0.25, -0.2) is 0 Å². The molecule has 2 atom stereocenters. The number of aryl methyl sites for hydroxylation is 1. The molecule has 0 radical (unpaired) electrons. The Kier molecular flexibility index (Phi) is 4.37. The van der Waals surface area contributed by atoms with Gasteiger partial charge in [-0.15, -0.1) is 11.3 Å². The first-order valence-corrected chi connectivity index (χ1v) is 7.25. The summed E-state index contributed by atoms with van der Waals surface area (Å²) < 4.78 is 0. The van der Waals surface area contributed by atoms with Crippen LogP contribution >= 0.6 is 11.3 Å². The molecule has 1 saturated heterocycles. The molecule has 1 aliphatic rings. The first-order valence-electron chi connectivity index (χ1n) is 6.37. The van der Waals surface area contributed by atoms with Crippen LogP contribution in [0.2, 0.25) is 0 Å². The molecule has 4 nitrogen and oxygen atoms in total. The predicted molar refractivity (Wildman–Crippen MR) is 74.6 cm³/mol. The summed E-state index contributed by atoms with van der Waals surface area (Å²) >= 11 is 1.78. The normalized spacial score (nSPS) is 22.1. The maximum absolute atomic E-state index is 11.1. The van der Waals surface area contributed by atoms with Crippen LogP contribution < -0.4 is 11.1 Å².